The van der Waals surface area contributed by atoms with E-state index in [1.165, 1.54) is 6.07 Å². The molecule has 0 aliphatic heterocycles. The molecule has 0 spiro atoms. The van der Waals surface area contributed by atoms with Crippen LogP contribution in [0.3, 0.4) is 0 Å². The quantitative estimate of drug-likeness (QED) is 0.590. The van der Waals surface area contributed by atoms with Crippen LogP contribution in [0.1, 0.15) is 38.5 Å². The predicted molar refractivity (Wildman–Crippen MR) is 101 cm³/mol. The lowest BCUT2D eigenvalue weighted by Crippen LogP contribution is -2.49. The van der Waals surface area contributed by atoms with Gasteiger partial charge in [-0.2, -0.15) is 0 Å². The lowest BCUT2D eigenvalue weighted by Gasteiger charge is -2.31. The van der Waals surface area contributed by atoms with Gasteiger partial charge in [-0.25, -0.2) is 0 Å². The molecule has 0 saturated heterocycles. The first-order chi connectivity index (χ1) is 13.3. The first kappa shape index (κ1) is 22.0. The average molecular weight is 429 g/mol. The summed E-state index contributed by atoms with van der Waals surface area (Å²) in [5, 5.41) is 14.4. The normalized spacial score (nSPS) is 18.8. The Morgan fingerprint density at radius 2 is 1.61 bits per heavy atom. The number of halogens is 2. The molecule has 1 aliphatic carbocycles. The molecule has 8 nitrogen and oxygen atoms in total. The molecular weight excluding hydrogens is 409 g/mol. The monoisotopic (exact) mass is 428 g/mol. The molecule has 3 amide bonds. The van der Waals surface area contributed by atoms with Gasteiger partial charge in [-0.15, -0.1) is 0 Å². The van der Waals surface area contributed by atoms with E-state index in [9.17, 15) is 24.3 Å². The van der Waals surface area contributed by atoms with Gasteiger partial charge < -0.3 is 15.2 Å². The number of carboxylic acid groups (broad SMARTS) is 1. The van der Waals surface area contributed by atoms with Crippen molar-refractivity contribution in [3.8, 4) is 0 Å². The van der Waals surface area contributed by atoms with Crippen LogP contribution < -0.4 is 21.3 Å². The molecular formula is C18H20Cl2N3O5-. The van der Waals surface area contributed by atoms with Gasteiger partial charge in [0.05, 0.1) is 10.7 Å². The molecule has 0 radical (unpaired) electrons. The molecule has 10 heteroatoms. The Morgan fingerprint density at radius 3 is 2.25 bits per heavy atom. The molecule has 2 atom stereocenters. The first-order valence-electron chi connectivity index (χ1n) is 8.82. The summed E-state index contributed by atoms with van der Waals surface area (Å²) < 4.78 is 0. The van der Waals surface area contributed by atoms with Crippen LogP contribution in [-0.2, 0) is 19.2 Å². The van der Waals surface area contributed by atoms with Crippen molar-refractivity contribution in [1.29, 1.82) is 0 Å². The maximum atomic E-state index is 12.1. The molecule has 152 valence electrons. The van der Waals surface area contributed by atoms with E-state index in [0.717, 1.165) is 12.8 Å². The Morgan fingerprint density at radius 1 is 0.964 bits per heavy atom. The van der Waals surface area contributed by atoms with Crippen LogP contribution in [0, 0.1) is 11.8 Å². The second kappa shape index (κ2) is 10.3. The highest BCUT2D eigenvalue weighted by atomic mass is 35.5. The fourth-order valence-corrected chi connectivity index (χ4v) is 3.50. The standard InChI is InChI=1S/C18H21Cl2N3O5/c19-10-5-6-14(13(20)9-10)21-15(24)7-8-16(25)22-23-17(26)11-3-1-2-4-12(11)18(27)28/h5-6,9,11-12H,1-4,7-8H2,(H,21,24)(H,22,25)(H,23,26)(H,27,28)/p-1/t11-,12+/m1/s1. The number of hydrazine groups is 1. The van der Waals surface area contributed by atoms with E-state index >= 15 is 0 Å². The Kier molecular flexibility index (Phi) is 8.07. The van der Waals surface area contributed by atoms with Gasteiger partial charge in [-0.05, 0) is 31.0 Å². The highest BCUT2D eigenvalue weighted by Gasteiger charge is 2.31. The number of carbonyl (C=O) groups is 4. The predicted octanol–water partition coefficient (Wildman–Crippen LogP) is 1.42. The molecule has 0 bridgehead atoms. The van der Waals surface area contributed by atoms with Gasteiger partial charge in [0.1, 0.15) is 0 Å². The lowest BCUT2D eigenvalue weighted by molar-refractivity contribution is -0.314. The van der Waals surface area contributed by atoms with Crippen LogP contribution in [0.4, 0.5) is 5.69 Å². The number of rotatable bonds is 6. The summed E-state index contributed by atoms with van der Waals surface area (Å²) in [4.78, 5) is 47.0. The maximum Gasteiger partial charge on any atom is 0.242 e. The van der Waals surface area contributed by atoms with Crippen molar-refractivity contribution in [2.24, 2.45) is 11.8 Å². The minimum Gasteiger partial charge on any atom is -0.550 e. The fraction of sp³-hybridized carbons (Fsp3) is 0.444. The summed E-state index contributed by atoms with van der Waals surface area (Å²) in [6.07, 6.45) is 1.95. The van der Waals surface area contributed by atoms with Gasteiger partial charge in [0.25, 0.3) is 0 Å². The van der Waals surface area contributed by atoms with E-state index in [1.807, 2.05) is 0 Å². The smallest absolute Gasteiger partial charge is 0.242 e. The minimum absolute atomic E-state index is 0.133. The molecule has 28 heavy (non-hydrogen) atoms. The lowest BCUT2D eigenvalue weighted by atomic mass is 9.79. The molecule has 0 heterocycles. The van der Waals surface area contributed by atoms with Crippen molar-refractivity contribution in [2.75, 3.05) is 5.32 Å². The zero-order chi connectivity index (χ0) is 20.7. The number of hydrogen-bond donors (Lipinski definition) is 3. The summed E-state index contributed by atoms with van der Waals surface area (Å²) in [6.45, 7) is 0. The van der Waals surface area contributed by atoms with Crippen molar-refractivity contribution < 1.29 is 24.3 Å². The van der Waals surface area contributed by atoms with Crippen molar-refractivity contribution in [2.45, 2.75) is 38.5 Å². The van der Waals surface area contributed by atoms with Crippen molar-refractivity contribution in [3.05, 3.63) is 28.2 Å². The van der Waals surface area contributed by atoms with Crippen molar-refractivity contribution >= 4 is 52.6 Å². The number of hydrogen-bond acceptors (Lipinski definition) is 5. The SMILES string of the molecule is O=C(CCC(=O)Nc1ccc(Cl)cc1Cl)NNC(=O)[C@@H]1CCCC[C@@H]1C(=O)[O-]. The fourth-order valence-electron chi connectivity index (χ4n) is 3.04. The highest BCUT2D eigenvalue weighted by molar-refractivity contribution is 6.36. The molecule has 1 aliphatic rings. The van der Waals surface area contributed by atoms with Crippen molar-refractivity contribution in [3.63, 3.8) is 0 Å². The number of carboxylic acids is 1. The van der Waals surface area contributed by atoms with E-state index < -0.39 is 35.5 Å². The van der Waals surface area contributed by atoms with Crippen molar-refractivity contribution in [1.82, 2.24) is 10.9 Å². The van der Waals surface area contributed by atoms with Crippen LogP contribution in [0.15, 0.2) is 18.2 Å². The third-order valence-electron chi connectivity index (χ3n) is 4.51. The first-order valence-corrected chi connectivity index (χ1v) is 9.58. The third kappa shape index (κ3) is 6.38. The Bertz CT molecular complexity index is 772. The van der Waals surface area contributed by atoms with Crippen LogP contribution in [0.5, 0.6) is 0 Å². The largest absolute Gasteiger partial charge is 0.550 e. The zero-order valence-electron chi connectivity index (χ0n) is 14.9. The van der Waals surface area contributed by atoms with Crippen LogP contribution in [0.2, 0.25) is 10.0 Å². The van der Waals surface area contributed by atoms with Gasteiger partial charge in [0.2, 0.25) is 17.7 Å². The minimum atomic E-state index is -1.26. The summed E-state index contributed by atoms with van der Waals surface area (Å²) in [5.74, 6) is -4.44. The van der Waals surface area contributed by atoms with E-state index in [0.29, 0.717) is 23.6 Å². The molecule has 3 N–H and O–H groups in total. The summed E-state index contributed by atoms with van der Waals surface area (Å²) >= 11 is 11.7. The van der Waals surface area contributed by atoms with E-state index in [-0.39, 0.29) is 17.9 Å². The molecule has 1 aromatic carbocycles. The Balaban J connectivity index is 1.75. The van der Waals surface area contributed by atoms with Gasteiger partial charge in [-0.3, -0.25) is 25.2 Å². The topological polar surface area (TPSA) is 127 Å². The number of aliphatic carboxylic acids is 1. The number of carbonyl (C=O) groups excluding carboxylic acids is 4. The van der Waals surface area contributed by atoms with Crippen LogP contribution in [0.25, 0.3) is 0 Å². The molecule has 0 unspecified atom stereocenters. The van der Waals surface area contributed by atoms with Crippen LogP contribution >= 0.6 is 23.2 Å². The summed E-state index contributed by atoms with van der Waals surface area (Å²) in [7, 11) is 0. The van der Waals surface area contributed by atoms with E-state index in [1.54, 1.807) is 12.1 Å². The van der Waals surface area contributed by atoms with Gasteiger partial charge in [0.15, 0.2) is 0 Å². The Labute approximate surface area is 171 Å². The Hall–Kier alpha value is -2.32. The maximum absolute atomic E-state index is 12.1. The second-order valence-electron chi connectivity index (χ2n) is 6.53. The van der Waals surface area contributed by atoms with Crippen LogP contribution in [-0.4, -0.2) is 23.7 Å². The summed E-state index contributed by atoms with van der Waals surface area (Å²) in [5.41, 5.74) is 4.80. The molecule has 1 saturated carbocycles. The molecule has 1 fully saturated rings. The average Bonchev–Trinajstić information content (AvgIpc) is 2.66. The molecule has 2 rings (SSSR count). The highest BCUT2D eigenvalue weighted by Crippen LogP contribution is 2.29. The summed E-state index contributed by atoms with van der Waals surface area (Å²) in [6, 6.07) is 4.59. The van der Waals surface area contributed by atoms with Gasteiger partial charge in [-0.1, -0.05) is 36.0 Å². The van der Waals surface area contributed by atoms with Gasteiger partial charge in [0, 0.05) is 35.7 Å². The van der Waals surface area contributed by atoms with E-state index in [2.05, 4.69) is 16.2 Å². The third-order valence-corrected chi connectivity index (χ3v) is 5.06. The van der Waals surface area contributed by atoms with Gasteiger partial charge >= 0.3 is 0 Å². The number of nitrogens with one attached hydrogen (secondary N) is 3. The molecule has 1 aromatic rings. The number of benzene rings is 1. The molecule has 0 aromatic heterocycles. The zero-order valence-corrected chi connectivity index (χ0v) is 16.4. The van der Waals surface area contributed by atoms with E-state index in [4.69, 9.17) is 23.2 Å². The number of anilines is 1. The second-order valence-corrected chi connectivity index (χ2v) is 7.37. The number of amides is 3.